The minimum absolute atomic E-state index is 0.00718. The smallest absolute Gasteiger partial charge is 0.343 e. The van der Waals surface area contributed by atoms with Gasteiger partial charge in [-0.25, -0.2) is 4.79 Å². The molecule has 2 aromatic rings. The second kappa shape index (κ2) is 9.81. The van der Waals surface area contributed by atoms with Gasteiger partial charge in [-0.3, -0.25) is 9.59 Å². The maximum Gasteiger partial charge on any atom is 0.343 e. The first-order valence-corrected chi connectivity index (χ1v) is 12.2. The molecule has 8 heteroatoms. The lowest BCUT2D eigenvalue weighted by atomic mass is 10.1. The summed E-state index contributed by atoms with van der Waals surface area (Å²) in [4.78, 5) is 41.6. The first-order chi connectivity index (χ1) is 15.5. The number of hydrogen-bond donors (Lipinski definition) is 0. The number of aromatic nitrogens is 1. The summed E-state index contributed by atoms with van der Waals surface area (Å²) in [5.41, 5.74) is 1.31. The Bertz CT molecular complexity index is 1070. The number of thioether (sulfide) groups is 1. The van der Waals surface area contributed by atoms with Crippen molar-refractivity contribution in [2.75, 3.05) is 26.5 Å². The number of ether oxygens (including phenoxy) is 2. The molecule has 2 aliphatic rings. The molecule has 1 aliphatic heterocycles. The Hall–Kier alpha value is -2.74. The predicted octanol–water partition coefficient (Wildman–Crippen LogP) is 3.38. The number of esters is 1. The minimum atomic E-state index is -0.519. The van der Waals surface area contributed by atoms with E-state index in [9.17, 15) is 14.4 Å². The van der Waals surface area contributed by atoms with Crippen molar-refractivity contribution in [2.45, 2.75) is 49.6 Å². The first kappa shape index (κ1) is 22.5. The molecular weight excluding hydrogens is 428 g/mol. The van der Waals surface area contributed by atoms with E-state index in [4.69, 9.17) is 9.47 Å². The highest BCUT2D eigenvalue weighted by molar-refractivity contribution is 7.98. The van der Waals surface area contributed by atoms with Gasteiger partial charge in [-0.15, -0.1) is 11.8 Å². The number of hydrogen-bond acceptors (Lipinski definition) is 6. The zero-order valence-corrected chi connectivity index (χ0v) is 19.3. The quantitative estimate of drug-likeness (QED) is 0.507. The molecule has 1 aromatic carbocycles. The Morgan fingerprint density at radius 3 is 2.56 bits per heavy atom. The van der Waals surface area contributed by atoms with E-state index in [-0.39, 0.29) is 17.6 Å². The van der Waals surface area contributed by atoms with Crippen molar-refractivity contribution < 1.29 is 19.1 Å². The third kappa shape index (κ3) is 4.41. The Labute approximate surface area is 191 Å². The van der Waals surface area contributed by atoms with Crippen LogP contribution in [0.1, 0.15) is 52.1 Å². The van der Waals surface area contributed by atoms with Crippen molar-refractivity contribution in [3.63, 3.8) is 0 Å². The number of carbonyl (C=O) groups is 2. The summed E-state index contributed by atoms with van der Waals surface area (Å²) in [5, 5.41) is 0. The fraction of sp³-hybridized carbons (Fsp3) is 0.458. The third-order valence-corrected chi connectivity index (χ3v) is 7.00. The Balaban J connectivity index is 1.66. The zero-order valence-electron chi connectivity index (χ0n) is 18.5. The molecule has 2 heterocycles. The van der Waals surface area contributed by atoms with E-state index in [1.165, 1.54) is 24.9 Å². The van der Waals surface area contributed by atoms with Crippen molar-refractivity contribution in [1.29, 1.82) is 0 Å². The maximum atomic E-state index is 13.2. The van der Waals surface area contributed by atoms with E-state index in [2.05, 4.69) is 0 Å². The number of carbonyl (C=O) groups excluding carboxylic acids is 2. The van der Waals surface area contributed by atoms with Crippen LogP contribution in [0, 0.1) is 0 Å². The van der Waals surface area contributed by atoms with Crippen molar-refractivity contribution in [3.8, 4) is 5.75 Å². The normalized spacial score (nSPS) is 16.4. The van der Waals surface area contributed by atoms with Gasteiger partial charge in [-0.05, 0) is 44.1 Å². The topological polar surface area (TPSA) is 77.8 Å². The van der Waals surface area contributed by atoms with E-state index in [0.717, 1.165) is 30.6 Å². The summed E-state index contributed by atoms with van der Waals surface area (Å²) in [6.07, 6.45) is 6.31. The highest BCUT2D eigenvalue weighted by atomic mass is 32.2. The van der Waals surface area contributed by atoms with Crippen LogP contribution < -0.4 is 10.3 Å². The fourth-order valence-electron chi connectivity index (χ4n) is 4.54. The van der Waals surface area contributed by atoms with Gasteiger partial charge in [0.15, 0.2) is 0 Å². The van der Waals surface area contributed by atoms with E-state index >= 15 is 0 Å². The summed E-state index contributed by atoms with van der Waals surface area (Å²) in [6.45, 7) is 1.10. The summed E-state index contributed by atoms with van der Waals surface area (Å²) in [5.74, 6) is -0.292. The van der Waals surface area contributed by atoms with Gasteiger partial charge in [-0.1, -0.05) is 12.1 Å². The van der Waals surface area contributed by atoms with E-state index < -0.39 is 5.97 Å². The Morgan fingerprint density at radius 1 is 1.09 bits per heavy atom. The largest absolute Gasteiger partial charge is 0.489 e. The van der Waals surface area contributed by atoms with Crippen molar-refractivity contribution in [3.05, 3.63) is 57.5 Å². The van der Waals surface area contributed by atoms with Gasteiger partial charge in [0.1, 0.15) is 11.3 Å². The monoisotopic (exact) mass is 456 g/mol. The average Bonchev–Trinajstić information content (AvgIpc) is 3.22. The molecule has 0 radical (unpaired) electrons. The number of methoxy groups -OCH3 is 1. The maximum absolute atomic E-state index is 13.2. The molecule has 170 valence electrons. The number of pyridine rings is 1. The van der Waals surface area contributed by atoms with Crippen LogP contribution in [0.3, 0.4) is 0 Å². The van der Waals surface area contributed by atoms with E-state index in [1.807, 2.05) is 30.5 Å². The molecule has 0 bridgehead atoms. The molecule has 0 saturated heterocycles. The van der Waals surface area contributed by atoms with Gasteiger partial charge in [0.05, 0.1) is 18.8 Å². The summed E-state index contributed by atoms with van der Waals surface area (Å²) in [7, 11) is 1.33. The van der Waals surface area contributed by atoms with Crippen LogP contribution in [0.15, 0.2) is 40.0 Å². The number of rotatable bonds is 5. The van der Waals surface area contributed by atoms with Gasteiger partial charge in [-0.2, -0.15) is 0 Å². The molecule has 0 N–H and O–H groups in total. The molecule has 1 fully saturated rings. The lowest BCUT2D eigenvalue weighted by molar-refractivity contribution is 0.0590. The summed E-state index contributed by atoms with van der Waals surface area (Å²) < 4.78 is 12.7. The molecule has 1 aliphatic carbocycles. The molecule has 0 spiro atoms. The molecular formula is C24H28N2O5S. The van der Waals surface area contributed by atoms with Crippen LogP contribution in [0.4, 0.5) is 0 Å². The molecule has 32 heavy (non-hydrogen) atoms. The van der Waals surface area contributed by atoms with Crippen molar-refractivity contribution in [2.24, 2.45) is 0 Å². The SMILES string of the molecule is COC(=O)c1c(OC2CCCC2)cc(=O)n2c1CCN(C(=O)c1ccccc1SC)CC2. The van der Waals surface area contributed by atoms with Gasteiger partial charge < -0.3 is 18.9 Å². The minimum Gasteiger partial charge on any atom is -0.489 e. The number of amides is 1. The second-order valence-corrected chi connectivity index (χ2v) is 8.93. The van der Waals surface area contributed by atoms with E-state index in [1.54, 1.807) is 9.47 Å². The van der Waals surface area contributed by atoms with E-state index in [0.29, 0.717) is 48.6 Å². The third-order valence-electron chi connectivity index (χ3n) is 6.20. The standard InChI is InChI=1S/C24H28N2O5S/c1-30-24(29)22-18-11-12-25(23(28)17-9-5-6-10-20(17)32-2)13-14-26(18)21(27)15-19(22)31-16-7-3-4-8-16/h5-6,9-10,15-16H,3-4,7-8,11-14H2,1-2H3. The number of benzene rings is 1. The summed E-state index contributed by atoms with van der Waals surface area (Å²) >= 11 is 1.53. The van der Waals surface area contributed by atoms with Crippen molar-refractivity contribution >= 4 is 23.6 Å². The van der Waals surface area contributed by atoms with Crippen LogP contribution in [0.25, 0.3) is 0 Å². The molecule has 4 rings (SSSR count). The van der Waals surface area contributed by atoms with Crippen LogP contribution in [-0.2, 0) is 17.7 Å². The molecule has 7 nitrogen and oxygen atoms in total. The van der Waals surface area contributed by atoms with Gasteiger partial charge in [0, 0.05) is 42.7 Å². The average molecular weight is 457 g/mol. The zero-order chi connectivity index (χ0) is 22.7. The van der Waals surface area contributed by atoms with Gasteiger partial charge in [0.25, 0.3) is 11.5 Å². The molecule has 0 atom stereocenters. The summed E-state index contributed by atoms with van der Waals surface area (Å²) in [6, 6.07) is 8.92. The highest BCUT2D eigenvalue weighted by Crippen LogP contribution is 2.29. The predicted molar refractivity (Wildman–Crippen MR) is 123 cm³/mol. The van der Waals surface area contributed by atoms with Crippen LogP contribution in [-0.4, -0.2) is 53.9 Å². The molecule has 0 unspecified atom stereocenters. The fourth-order valence-corrected chi connectivity index (χ4v) is 5.13. The van der Waals surface area contributed by atoms with Crippen LogP contribution >= 0.6 is 11.8 Å². The Kier molecular flexibility index (Phi) is 6.89. The lowest BCUT2D eigenvalue weighted by Crippen LogP contribution is -2.34. The highest BCUT2D eigenvalue weighted by Gasteiger charge is 2.29. The number of fused-ring (bicyclic) bond motifs is 1. The second-order valence-electron chi connectivity index (χ2n) is 8.08. The van der Waals surface area contributed by atoms with Crippen LogP contribution in [0.5, 0.6) is 5.75 Å². The van der Waals surface area contributed by atoms with Gasteiger partial charge in [0.2, 0.25) is 0 Å². The van der Waals surface area contributed by atoms with Crippen LogP contribution in [0.2, 0.25) is 0 Å². The molecule has 1 saturated carbocycles. The first-order valence-electron chi connectivity index (χ1n) is 11.0. The van der Waals surface area contributed by atoms with Crippen molar-refractivity contribution in [1.82, 2.24) is 9.47 Å². The molecule has 1 amide bonds. The number of nitrogens with zero attached hydrogens (tertiary/aromatic N) is 2. The Morgan fingerprint density at radius 2 is 1.84 bits per heavy atom. The van der Waals surface area contributed by atoms with Gasteiger partial charge >= 0.3 is 5.97 Å². The lowest BCUT2D eigenvalue weighted by Gasteiger charge is -2.21. The molecule has 1 aromatic heterocycles.